The summed E-state index contributed by atoms with van der Waals surface area (Å²) in [4.78, 5) is 0. The smallest absolute Gasteiger partial charge is 0.126 e. The molecule has 0 amide bonds. The summed E-state index contributed by atoms with van der Waals surface area (Å²) >= 11 is 0. The highest BCUT2D eigenvalue weighted by Gasteiger charge is 2.12. The molecule has 1 aromatic rings. The van der Waals surface area contributed by atoms with E-state index in [0.29, 0.717) is 12.1 Å². The van der Waals surface area contributed by atoms with Crippen LogP contribution in [0.15, 0.2) is 18.2 Å². The molecular weight excluding hydrogens is 253 g/mol. The Morgan fingerprint density at radius 1 is 1.44 bits per heavy atom. The van der Waals surface area contributed by atoms with Crippen molar-refractivity contribution in [3.8, 4) is 5.75 Å². The number of benzene rings is 1. The van der Waals surface area contributed by atoms with Gasteiger partial charge in [0.1, 0.15) is 11.6 Å². The molecular formula is C13H20FNO2S. The summed E-state index contributed by atoms with van der Waals surface area (Å²) in [7, 11) is -0.816. The van der Waals surface area contributed by atoms with Crippen LogP contribution in [0.3, 0.4) is 0 Å². The molecule has 0 aliphatic heterocycles. The molecule has 0 fully saturated rings. The maximum atomic E-state index is 12.8. The normalized spacial score (nSPS) is 16.2. The van der Waals surface area contributed by atoms with Gasteiger partial charge < -0.3 is 10.4 Å². The maximum absolute atomic E-state index is 12.8. The fourth-order valence-electron chi connectivity index (χ4n) is 1.66. The van der Waals surface area contributed by atoms with Gasteiger partial charge in [-0.05, 0) is 26.0 Å². The standard InChI is InChI=1S/C13H20FNO2S/c1-9(18(3)17)6-7-15-10(2)12-5-4-11(14)8-13(12)16/h4-5,8-10,15-16H,6-7H2,1-3H3. The highest BCUT2D eigenvalue weighted by Crippen LogP contribution is 2.24. The van der Waals surface area contributed by atoms with Crippen molar-refractivity contribution < 1.29 is 13.7 Å². The average Bonchev–Trinajstić information content (AvgIpc) is 2.28. The van der Waals surface area contributed by atoms with Crippen molar-refractivity contribution in [2.24, 2.45) is 0 Å². The van der Waals surface area contributed by atoms with Gasteiger partial charge in [-0.1, -0.05) is 13.0 Å². The van der Waals surface area contributed by atoms with E-state index in [1.165, 1.54) is 6.07 Å². The quantitative estimate of drug-likeness (QED) is 0.836. The zero-order valence-corrected chi connectivity index (χ0v) is 11.8. The minimum absolute atomic E-state index is 0.0397. The van der Waals surface area contributed by atoms with Crippen LogP contribution in [0.4, 0.5) is 4.39 Å². The second-order valence-corrected chi connectivity index (χ2v) is 6.28. The molecule has 0 radical (unpaired) electrons. The van der Waals surface area contributed by atoms with Gasteiger partial charge in [0.25, 0.3) is 0 Å². The Balaban J connectivity index is 2.50. The lowest BCUT2D eigenvalue weighted by atomic mass is 10.1. The van der Waals surface area contributed by atoms with Gasteiger partial charge in [0.05, 0.1) is 0 Å². The van der Waals surface area contributed by atoms with Crippen LogP contribution in [-0.4, -0.2) is 27.4 Å². The number of nitrogens with one attached hydrogen (secondary N) is 1. The average molecular weight is 273 g/mol. The number of rotatable bonds is 6. The molecule has 0 saturated carbocycles. The van der Waals surface area contributed by atoms with Crippen LogP contribution in [-0.2, 0) is 10.8 Å². The molecule has 5 heteroatoms. The predicted octanol–water partition coefficient (Wildman–Crippen LogP) is 2.34. The Labute approximate surface area is 110 Å². The molecule has 0 aliphatic rings. The third-order valence-electron chi connectivity index (χ3n) is 3.03. The summed E-state index contributed by atoms with van der Waals surface area (Å²) in [5.74, 6) is -0.486. The van der Waals surface area contributed by atoms with Gasteiger partial charge in [-0.25, -0.2) is 4.39 Å². The van der Waals surface area contributed by atoms with Crippen LogP contribution < -0.4 is 5.32 Å². The lowest BCUT2D eigenvalue weighted by Crippen LogP contribution is -2.24. The second-order valence-electron chi connectivity index (χ2n) is 4.48. The number of hydrogen-bond acceptors (Lipinski definition) is 3. The van der Waals surface area contributed by atoms with Crippen molar-refractivity contribution in [2.45, 2.75) is 31.6 Å². The van der Waals surface area contributed by atoms with Crippen molar-refractivity contribution >= 4 is 10.8 Å². The molecule has 3 nitrogen and oxygen atoms in total. The molecule has 1 rings (SSSR count). The first-order valence-electron chi connectivity index (χ1n) is 5.96. The molecule has 1 aromatic carbocycles. The van der Waals surface area contributed by atoms with E-state index in [2.05, 4.69) is 5.32 Å². The highest BCUT2D eigenvalue weighted by molar-refractivity contribution is 7.84. The van der Waals surface area contributed by atoms with Gasteiger partial charge in [0.2, 0.25) is 0 Å². The summed E-state index contributed by atoms with van der Waals surface area (Å²) in [6.07, 6.45) is 2.50. The van der Waals surface area contributed by atoms with Crippen LogP contribution in [0.5, 0.6) is 5.75 Å². The first-order valence-corrected chi connectivity index (χ1v) is 7.58. The van der Waals surface area contributed by atoms with Crippen molar-refractivity contribution in [1.82, 2.24) is 5.32 Å². The molecule has 2 N–H and O–H groups in total. The summed E-state index contributed by atoms with van der Waals surface area (Å²) in [5, 5.41) is 13.0. The van der Waals surface area contributed by atoms with Gasteiger partial charge in [-0.15, -0.1) is 0 Å². The Bertz CT molecular complexity index is 425. The van der Waals surface area contributed by atoms with Gasteiger partial charge in [-0.2, -0.15) is 0 Å². The zero-order valence-electron chi connectivity index (χ0n) is 10.9. The van der Waals surface area contributed by atoms with Crippen LogP contribution in [0.2, 0.25) is 0 Å². The van der Waals surface area contributed by atoms with Crippen molar-refractivity contribution in [1.29, 1.82) is 0 Å². The number of hydrogen-bond donors (Lipinski definition) is 2. The summed E-state index contributed by atoms with van der Waals surface area (Å²) < 4.78 is 24.0. The lowest BCUT2D eigenvalue weighted by molar-refractivity contribution is 0.446. The molecule has 0 aromatic heterocycles. The van der Waals surface area contributed by atoms with E-state index < -0.39 is 16.6 Å². The molecule has 3 unspecified atom stereocenters. The molecule has 0 bridgehead atoms. The Morgan fingerprint density at radius 2 is 2.11 bits per heavy atom. The topological polar surface area (TPSA) is 49.3 Å². The van der Waals surface area contributed by atoms with Crippen molar-refractivity contribution in [2.75, 3.05) is 12.8 Å². The number of phenols is 1. The molecule has 0 aliphatic carbocycles. The third kappa shape index (κ3) is 4.38. The van der Waals surface area contributed by atoms with E-state index >= 15 is 0 Å². The number of aromatic hydroxyl groups is 1. The summed E-state index contributed by atoms with van der Waals surface area (Å²) in [6.45, 7) is 4.55. The largest absolute Gasteiger partial charge is 0.508 e. The van der Waals surface area contributed by atoms with Gasteiger partial charge >= 0.3 is 0 Å². The van der Waals surface area contributed by atoms with E-state index in [1.54, 1.807) is 12.3 Å². The highest BCUT2D eigenvalue weighted by atomic mass is 32.2. The lowest BCUT2D eigenvalue weighted by Gasteiger charge is -2.16. The van der Waals surface area contributed by atoms with Gasteiger partial charge in [-0.3, -0.25) is 4.21 Å². The van der Waals surface area contributed by atoms with Crippen LogP contribution >= 0.6 is 0 Å². The molecule has 0 spiro atoms. The van der Waals surface area contributed by atoms with Crippen LogP contribution in [0.1, 0.15) is 31.9 Å². The SMILES string of the molecule is CC(NCCC(C)S(C)=O)c1ccc(F)cc1O. The fraction of sp³-hybridized carbons (Fsp3) is 0.538. The molecule has 18 heavy (non-hydrogen) atoms. The fourth-order valence-corrected chi connectivity index (χ4v) is 2.11. The zero-order chi connectivity index (χ0) is 13.7. The van der Waals surface area contributed by atoms with Crippen LogP contribution in [0.25, 0.3) is 0 Å². The van der Waals surface area contributed by atoms with Crippen LogP contribution in [0, 0.1) is 5.82 Å². The molecule has 3 atom stereocenters. The summed E-state index contributed by atoms with van der Waals surface area (Å²) in [5.41, 5.74) is 0.668. The predicted molar refractivity (Wildman–Crippen MR) is 72.6 cm³/mol. The van der Waals surface area contributed by atoms with E-state index in [0.717, 1.165) is 12.5 Å². The summed E-state index contributed by atoms with van der Waals surface area (Å²) in [6, 6.07) is 3.95. The Hall–Kier alpha value is -0.940. The molecule has 102 valence electrons. The van der Waals surface area contributed by atoms with Gasteiger partial charge in [0.15, 0.2) is 0 Å². The van der Waals surface area contributed by atoms with E-state index in [4.69, 9.17) is 0 Å². The van der Waals surface area contributed by atoms with E-state index in [1.807, 2.05) is 13.8 Å². The second kappa shape index (κ2) is 6.85. The van der Waals surface area contributed by atoms with Gasteiger partial charge in [0, 0.05) is 40.0 Å². The van der Waals surface area contributed by atoms with Crippen molar-refractivity contribution in [3.63, 3.8) is 0 Å². The molecule has 0 heterocycles. The molecule has 0 saturated heterocycles. The Kier molecular flexibility index (Phi) is 5.75. The minimum Gasteiger partial charge on any atom is -0.508 e. The maximum Gasteiger partial charge on any atom is 0.126 e. The van der Waals surface area contributed by atoms with E-state index in [-0.39, 0.29) is 17.0 Å². The van der Waals surface area contributed by atoms with E-state index in [9.17, 15) is 13.7 Å². The Morgan fingerprint density at radius 3 is 2.67 bits per heavy atom. The first kappa shape index (κ1) is 15.1. The number of halogens is 1. The first-order chi connectivity index (χ1) is 8.41. The third-order valence-corrected chi connectivity index (χ3v) is 4.40. The number of phenolic OH excluding ortho intramolecular Hbond substituents is 1. The monoisotopic (exact) mass is 273 g/mol. The minimum atomic E-state index is -0.816. The van der Waals surface area contributed by atoms with Crippen molar-refractivity contribution in [3.05, 3.63) is 29.6 Å².